The lowest BCUT2D eigenvalue weighted by Gasteiger charge is -2.66. The van der Waals surface area contributed by atoms with Crippen molar-refractivity contribution < 1.29 is 4.39 Å². The molecule has 8 rings (SSSR count). The van der Waals surface area contributed by atoms with Gasteiger partial charge in [0.1, 0.15) is 11.4 Å². The van der Waals surface area contributed by atoms with Crippen molar-refractivity contribution in [2.75, 3.05) is 12.3 Å². The molecular weight excluding hydrogens is 431 g/mol. The van der Waals surface area contributed by atoms with E-state index < -0.39 is 5.67 Å². The Morgan fingerprint density at radius 1 is 1.12 bits per heavy atom. The van der Waals surface area contributed by atoms with E-state index in [4.69, 9.17) is 5.73 Å². The summed E-state index contributed by atoms with van der Waals surface area (Å²) in [7, 11) is 0. The van der Waals surface area contributed by atoms with Crippen LogP contribution < -0.4 is 11.1 Å². The van der Waals surface area contributed by atoms with Crippen LogP contribution in [-0.4, -0.2) is 42.4 Å². The third kappa shape index (κ3) is 3.19. The van der Waals surface area contributed by atoms with Gasteiger partial charge in [-0.2, -0.15) is 5.10 Å². The maximum absolute atomic E-state index is 13.7. The van der Waals surface area contributed by atoms with Crippen LogP contribution in [0, 0.1) is 5.41 Å². The van der Waals surface area contributed by atoms with E-state index in [1.54, 1.807) is 6.20 Å². The number of nitrogens with two attached hydrogens (primary N) is 1. The molecule has 5 N–H and O–H groups in total. The zero-order valence-electron chi connectivity index (χ0n) is 18.6. The lowest BCUT2D eigenvalue weighted by Crippen LogP contribution is -2.67. The first-order valence-electron chi connectivity index (χ1n) is 11.6. The summed E-state index contributed by atoms with van der Waals surface area (Å²) in [6, 6.07) is 12.3. The van der Waals surface area contributed by atoms with Gasteiger partial charge in [-0.1, -0.05) is 17.3 Å². The molecule has 3 aliphatic rings. The summed E-state index contributed by atoms with van der Waals surface area (Å²) in [5.74, 6) is 0. The minimum Gasteiger partial charge on any atom is -0.399 e. The molecule has 0 radical (unpaired) electrons. The molecule has 2 aromatic carbocycles. The largest absolute Gasteiger partial charge is 0.399 e. The Morgan fingerprint density at radius 2 is 2.00 bits per heavy atom. The van der Waals surface area contributed by atoms with Crippen molar-refractivity contribution in [1.29, 1.82) is 0 Å². The van der Waals surface area contributed by atoms with Gasteiger partial charge in [0, 0.05) is 40.9 Å². The minimum absolute atomic E-state index is 0.222. The normalized spacial score (nSPS) is 23.3. The smallest absolute Gasteiger partial charge is 0.113 e. The number of aromatic amines is 2. The maximum atomic E-state index is 13.7. The number of aromatic nitrogens is 6. The second-order valence-electron chi connectivity index (χ2n) is 10.2. The van der Waals surface area contributed by atoms with Gasteiger partial charge in [0.15, 0.2) is 0 Å². The van der Waals surface area contributed by atoms with Gasteiger partial charge in [0.2, 0.25) is 0 Å². The topological polar surface area (TPSA) is 113 Å². The predicted octanol–water partition coefficient (Wildman–Crippen LogP) is 3.92. The Kier molecular flexibility index (Phi) is 4.00. The lowest BCUT2D eigenvalue weighted by molar-refractivity contribution is -0.209. The Labute approximate surface area is 194 Å². The number of nitrogen functional groups attached to an aromatic ring is 1. The summed E-state index contributed by atoms with van der Waals surface area (Å²) in [6.07, 6.45) is 5.91. The molecule has 0 spiro atoms. The maximum Gasteiger partial charge on any atom is 0.113 e. The van der Waals surface area contributed by atoms with Crippen LogP contribution in [-0.2, 0) is 13.1 Å². The fraction of sp³-hybridized carbons (Fsp3) is 0.320. The van der Waals surface area contributed by atoms with Crippen molar-refractivity contribution in [3.63, 3.8) is 0 Å². The summed E-state index contributed by atoms with van der Waals surface area (Å²) >= 11 is 0. The summed E-state index contributed by atoms with van der Waals surface area (Å²) in [4.78, 5) is 3.51. The molecule has 8 nitrogen and oxygen atoms in total. The Morgan fingerprint density at radius 3 is 2.85 bits per heavy atom. The number of nitrogens with one attached hydrogen (secondary N) is 3. The number of nitrogens with zero attached hydrogens (tertiary/aromatic N) is 4. The number of fused-ring (bicyclic) bond motifs is 2. The Balaban J connectivity index is 1.06. The molecule has 0 saturated heterocycles. The fourth-order valence-corrected chi connectivity index (χ4v) is 5.91. The summed E-state index contributed by atoms with van der Waals surface area (Å²) in [6.45, 7) is 2.27. The van der Waals surface area contributed by atoms with Crippen LogP contribution in [0.25, 0.3) is 33.1 Å². The van der Waals surface area contributed by atoms with Crippen molar-refractivity contribution in [2.24, 2.45) is 5.41 Å². The highest BCUT2D eigenvalue weighted by Crippen LogP contribution is 2.69. The summed E-state index contributed by atoms with van der Waals surface area (Å²) in [5, 5.41) is 21.4. The molecule has 34 heavy (non-hydrogen) atoms. The van der Waals surface area contributed by atoms with Crippen molar-refractivity contribution in [2.45, 2.75) is 38.0 Å². The monoisotopic (exact) mass is 456 g/mol. The number of benzene rings is 2. The molecule has 172 valence electrons. The number of halogens is 1. The van der Waals surface area contributed by atoms with Gasteiger partial charge in [-0.05, 0) is 59.9 Å². The van der Waals surface area contributed by atoms with Crippen molar-refractivity contribution in [1.82, 2.24) is 35.5 Å². The molecule has 0 unspecified atom stereocenters. The number of rotatable bonds is 7. The Hall–Kier alpha value is -3.72. The SMILES string of the molecule is Nc1cc(-c2cn(Cc3ccc4cc(CNCC56CC(F)(C5)C6)[nH]c4c3)nn2)c2cn[nH]c2c1. The van der Waals surface area contributed by atoms with Crippen molar-refractivity contribution in [3.05, 3.63) is 60.0 Å². The van der Waals surface area contributed by atoms with E-state index in [1.165, 1.54) is 5.39 Å². The minimum atomic E-state index is -0.829. The van der Waals surface area contributed by atoms with E-state index in [0.717, 1.165) is 71.3 Å². The molecule has 0 aliphatic heterocycles. The van der Waals surface area contributed by atoms with Crippen LogP contribution in [0.4, 0.5) is 10.1 Å². The van der Waals surface area contributed by atoms with E-state index in [0.29, 0.717) is 12.2 Å². The second kappa shape index (κ2) is 6.89. The third-order valence-corrected chi connectivity index (χ3v) is 7.37. The molecule has 3 saturated carbocycles. The van der Waals surface area contributed by atoms with Crippen molar-refractivity contribution >= 4 is 27.5 Å². The molecule has 3 fully saturated rings. The van der Waals surface area contributed by atoms with Crippen LogP contribution in [0.15, 0.2) is 48.8 Å². The third-order valence-electron chi connectivity index (χ3n) is 7.37. The number of H-pyrrole nitrogens is 2. The highest BCUT2D eigenvalue weighted by atomic mass is 19.1. The molecule has 9 heteroatoms. The first-order chi connectivity index (χ1) is 16.5. The van der Waals surface area contributed by atoms with Crippen LogP contribution in [0.2, 0.25) is 0 Å². The van der Waals surface area contributed by atoms with Crippen LogP contribution in [0.1, 0.15) is 30.5 Å². The van der Waals surface area contributed by atoms with E-state index in [2.05, 4.69) is 55.1 Å². The molecule has 2 bridgehead atoms. The molecule has 3 aromatic heterocycles. The van der Waals surface area contributed by atoms with Gasteiger partial charge in [0.05, 0.1) is 24.5 Å². The zero-order chi connectivity index (χ0) is 22.9. The molecule has 3 heterocycles. The molecule has 0 atom stereocenters. The van der Waals surface area contributed by atoms with E-state index >= 15 is 0 Å². The van der Waals surface area contributed by atoms with Crippen LogP contribution in [0.3, 0.4) is 0 Å². The van der Waals surface area contributed by atoms with Gasteiger partial charge in [-0.15, -0.1) is 5.10 Å². The Bertz CT molecular complexity index is 1520. The average molecular weight is 457 g/mol. The average Bonchev–Trinajstić information content (AvgIpc) is 3.50. The van der Waals surface area contributed by atoms with Gasteiger partial charge < -0.3 is 16.0 Å². The van der Waals surface area contributed by atoms with Crippen molar-refractivity contribution in [3.8, 4) is 11.3 Å². The molecular formula is C25H25FN8. The van der Waals surface area contributed by atoms with Crippen LogP contribution in [0.5, 0.6) is 0 Å². The number of hydrogen-bond acceptors (Lipinski definition) is 5. The van der Waals surface area contributed by atoms with E-state index in [9.17, 15) is 4.39 Å². The van der Waals surface area contributed by atoms with Gasteiger partial charge in [0.25, 0.3) is 0 Å². The molecule has 0 amide bonds. The summed E-state index contributed by atoms with van der Waals surface area (Å²) in [5.41, 5.74) is 12.0. The second-order valence-corrected chi connectivity index (χ2v) is 10.2. The quantitative estimate of drug-likeness (QED) is 0.277. The zero-order valence-corrected chi connectivity index (χ0v) is 18.6. The standard InChI is InChI=1S/C25H25FN8/c26-25-11-24(12-25,13-25)14-28-7-18-4-16-2-1-15(3-21(16)30-18)9-34-10-23(32-33-34)19-5-17(27)6-22-20(19)8-29-31-22/h1-6,8,10,28,30H,7,9,11-14,27H2,(H,29,31). The number of hydrogen-bond donors (Lipinski definition) is 4. The van der Waals surface area contributed by atoms with E-state index in [-0.39, 0.29) is 5.41 Å². The number of alkyl halides is 1. The molecule has 3 aliphatic carbocycles. The fourth-order valence-electron chi connectivity index (χ4n) is 5.91. The molecule has 5 aromatic rings. The van der Waals surface area contributed by atoms with Gasteiger partial charge in [-0.25, -0.2) is 9.07 Å². The first-order valence-corrected chi connectivity index (χ1v) is 11.6. The number of anilines is 1. The van der Waals surface area contributed by atoms with Gasteiger partial charge >= 0.3 is 0 Å². The predicted molar refractivity (Wildman–Crippen MR) is 129 cm³/mol. The highest BCUT2D eigenvalue weighted by molar-refractivity contribution is 5.95. The summed E-state index contributed by atoms with van der Waals surface area (Å²) < 4.78 is 15.5. The van der Waals surface area contributed by atoms with Gasteiger partial charge in [-0.3, -0.25) is 5.10 Å². The first kappa shape index (κ1) is 19.7. The highest BCUT2D eigenvalue weighted by Gasteiger charge is 2.68. The van der Waals surface area contributed by atoms with Crippen LogP contribution >= 0.6 is 0 Å². The lowest BCUT2D eigenvalue weighted by atomic mass is 9.42. The van der Waals surface area contributed by atoms with E-state index in [1.807, 2.05) is 23.0 Å².